The van der Waals surface area contributed by atoms with Crippen LogP contribution in [0.4, 0.5) is 0 Å². The number of hydrogen-bond donors (Lipinski definition) is 0. The first kappa shape index (κ1) is 25.0. The molecule has 0 amide bonds. The van der Waals surface area contributed by atoms with Crippen molar-refractivity contribution in [1.82, 2.24) is 4.90 Å². The Balaban J connectivity index is 1.61. The second kappa shape index (κ2) is 11.5. The predicted octanol–water partition coefficient (Wildman–Crippen LogP) is 7.13. The molecule has 0 bridgehead atoms. The molecular weight excluding hydrogens is 486 g/mol. The maximum absolute atomic E-state index is 13.0. The van der Waals surface area contributed by atoms with E-state index in [-0.39, 0.29) is 11.9 Å². The van der Waals surface area contributed by atoms with Gasteiger partial charge in [0, 0.05) is 22.6 Å². The Bertz CT molecular complexity index is 914. The molecule has 172 valence electrons. The smallest absolute Gasteiger partial charge is 0.316 e. The lowest BCUT2D eigenvalue weighted by atomic mass is 9.68. The highest BCUT2D eigenvalue weighted by molar-refractivity contribution is 9.10. The molecule has 0 aromatic heterocycles. The summed E-state index contributed by atoms with van der Waals surface area (Å²) in [5, 5.41) is 0.773. The van der Waals surface area contributed by atoms with Gasteiger partial charge in [-0.3, -0.25) is 4.79 Å². The van der Waals surface area contributed by atoms with Gasteiger partial charge < -0.3 is 9.64 Å². The molecule has 0 saturated carbocycles. The number of carbonyl (C=O) groups excluding carboxylic acids is 1. The number of esters is 1. The Morgan fingerprint density at radius 1 is 1.12 bits per heavy atom. The van der Waals surface area contributed by atoms with Gasteiger partial charge in [-0.05, 0) is 73.5 Å². The number of nitrogens with zero attached hydrogens (tertiary/aromatic N) is 1. The molecule has 1 aliphatic heterocycles. The topological polar surface area (TPSA) is 29.5 Å². The van der Waals surface area contributed by atoms with Gasteiger partial charge in [-0.25, -0.2) is 0 Å². The summed E-state index contributed by atoms with van der Waals surface area (Å²) in [6.07, 6.45) is 6.20. The molecule has 5 heteroatoms. The number of benzene rings is 2. The molecule has 1 fully saturated rings. The molecule has 1 heterocycles. The van der Waals surface area contributed by atoms with E-state index < -0.39 is 5.41 Å². The molecule has 3 rings (SSSR count). The highest BCUT2D eigenvalue weighted by Crippen LogP contribution is 2.39. The van der Waals surface area contributed by atoms with Gasteiger partial charge in [0.1, 0.15) is 0 Å². The van der Waals surface area contributed by atoms with E-state index in [0.29, 0.717) is 0 Å². The Kier molecular flexibility index (Phi) is 8.98. The minimum Gasteiger partial charge on any atom is -0.468 e. The zero-order valence-electron chi connectivity index (χ0n) is 19.2. The molecule has 2 aromatic rings. The molecular formula is C27H33BrClNO2. The van der Waals surface area contributed by atoms with E-state index in [9.17, 15) is 4.79 Å². The van der Waals surface area contributed by atoms with Crippen LogP contribution in [0.3, 0.4) is 0 Å². The van der Waals surface area contributed by atoms with Crippen molar-refractivity contribution >= 4 is 39.6 Å². The van der Waals surface area contributed by atoms with Gasteiger partial charge in [-0.15, -0.1) is 0 Å². The largest absolute Gasteiger partial charge is 0.468 e. The molecule has 1 atom stereocenters. The maximum Gasteiger partial charge on any atom is 0.316 e. The summed E-state index contributed by atoms with van der Waals surface area (Å²) in [6.45, 7) is 7.35. The van der Waals surface area contributed by atoms with Crippen molar-refractivity contribution in [3.8, 4) is 0 Å². The van der Waals surface area contributed by atoms with Crippen molar-refractivity contribution in [2.75, 3.05) is 26.7 Å². The van der Waals surface area contributed by atoms with Crippen molar-refractivity contribution in [3.63, 3.8) is 0 Å². The van der Waals surface area contributed by atoms with Crippen LogP contribution in [0.15, 0.2) is 58.6 Å². The van der Waals surface area contributed by atoms with Gasteiger partial charge in [0.05, 0.1) is 12.5 Å². The standard InChI is InChI=1S/C27H33BrClNO2/c1-20(2)27(26(31)32-3,23-7-9-24(28)10-8-23)15-4-16-30-17-13-22(14-18-30)19-21-5-11-25(29)12-6-21/h5-12,19-20H,4,13-18H2,1-3H3. The average molecular weight is 519 g/mol. The molecule has 1 unspecified atom stereocenters. The lowest BCUT2D eigenvalue weighted by Crippen LogP contribution is -2.43. The van der Waals surface area contributed by atoms with E-state index >= 15 is 0 Å². The fourth-order valence-electron chi connectivity index (χ4n) is 4.74. The Morgan fingerprint density at radius 3 is 2.31 bits per heavy atom. The third-order valence-corrected chi connectivity index (χ3v) is 7.46. The molecule has 1 aliphatic rings. The number of methoxy groups -OCH3 is 1. The van der Waals surface area contributed by atoms with Gasteiger partial charge >= 0.3 is 5.97 Å². The normalized spacial score (nSPS) is 16.6. The van der Waals surface area contributed by atoms with E-state index in [1.54, 1.807) is 0 Å². The van der Waals surface area contributed by atoms with Crippen LogP contribution < -0.4 is 0 Å². The highest BCUT2D eigenvalue weighted by Gasteiger charge is 2.43. The van der Waals surface area contributed by atoms with Crippen molar-refractivity contribution in [3.05, 3.63) is 74.7 Å². The molecule has 1 saturated heterocycles. The molecule has 3 nitrogen and oxygen atoms in total. The maximum atomic E-state index is 13.0. The molecule has 32 heavy (non-hydrogen) atoms. The van der Waals surface area contributed by atoms with Crippen molar-refractivity contribution in [2.45, 2.75) is 44.9 Å². The minimum atomic E-state index is -0.620. The molecule has 0 N–H and O–H groups in total. The van der Waals surface area contributed by atoms with Crippen LogP contribution in [0.25, 0.3) is 6.08 Å². The fraction of sp³-hybridized carbons (Fsp3) is 0.444. The van der Waals surface area contributed by atoms with E-state index in [0.717, 1.165) is 60.4 Å². The first-order valence-electron chi connectivity index (χ1n) is 11.4. The number of halogens is 2. The molecule has 0 radical (unpaired) electrons. The van der Waals surface area contributed by atoms with Crippen molar-refractivity contribution in [1.29, 1.82) is 0 Å². The Morgan fingerprint density at radius 2 is 1.75 bits per heavy atom. The second-order valence-corrected chi connectivity index (χ2v) is 10.3. The first-order chi connectivity index (χ1) is 15.3. The summed E-state index contributed by atoms with van der Waals surface area (Å²) in [4.78, 5) is 15.5. The molecule has 0 spiro atoms. The van der Waals surface area contributed by atoms with Gasteiger partial charge in [-0.2, -0.15) is 0 Å². The highest BCUT2D eigenvalue weighted by atomic mass is 79.9. The van der Waals surface area contributed by atoms with Crippen molar-refractivity contribution in [2.24, 2.45) is 5.92 Å². The van der Waals surface area contributed by atoms with E-state index in [2.05, 4.69) is 65.0 Å². The zero-order valence-corrected chi connectivity index (χ0v) is 21.6. The van der Waals surface area contributed by atoms with Crippen LogP contribution in [0.5, 0.6) is 0 Å². The van der Waals surface area contributed by atoms with Gasteiger partial charge in [-0.1, -0.05) is 77.3 Å². The number of rotatable bonds is 8. The van der Waals surface area contributed by atoms with E-state index in [4.69, 9.17) is 16.3 Å². The fourth-order valence-corrected chi connectivity index (χ4v) is 5.13. The van der Waals surface area contributed by atoms with Crippen LogP contribution in [0, 0.1) is 5.92 Å². The summed E-state index contributed by atoms with van der Waals surface area (Å²) >= 11 is 9.49. The summed E-state index contributed by atoms with van der Waals surface area (Å²) in [6, 6.07) is 16.1. The summed E-state index contributed by atoms with van der Waals surface area (Å²) in [5.74, 6) is 0.00745. The number of ether oxygens (including phenoxy) is 1. The number of piperidine rings is 1. The SMILES string of the molecule is COC(=O)C(CCCN1CCC(=Cc2ccc(Cl)cc2)CC1)(c1ccc(Br)cc1)C(C)C. The molecule has 2 aromatic carbocycles. The number of carbonyl (C=O) groups is 1. The number of likely N-dealkylation sites (tertiary alicyclic amines) is 1. The zero-order chi connectivity index (χ0) is 23.1. The lowest BCUT2D eigenvalue weighted by Gasteiger charge is -2.36. The average Bonchev–Trinajstić information content (AvgIpc) is 2.79. The number of hydrogen-bond acceptors (Lipinski definition) is 3. The van der Waals surface area contributed by atoms with E-state index in [1.165, 1.54) is 18.2 Å². The summed E-state index contributed by atoms with van der Waals surface area (Å²) in [7, 11) is 1.50. The quantitative estimate of drug-likeness (QED) is 0.348. The second-order valence-electron chi connectivity index (χ2n) is 8.92. The molecule has 0 aliphatic carbocycles. The van der Waals surface area contributed by atoms with Crippen LogP contribution in [0.1, 0.15) is 50.7 Å². The van der Waals surface area contributed by atoms with Crippen molar-refractivity contribution < 1.29 is 9.53 Å². The minimum absolute atomic E-state index is 0.137. The van der Waals surface area contributed by atoms with Crippen LogP contribution in [0.2, 0.25) is 5.02 Å². The first-order valence-corrected chi connectivity index (χ1v) is 12.5. The Hall–Kier alpha value is -1.62. The van der Waals surface area contributed by atoms with Gasteiger partial charge in [0.15, 0.2) is 0 Å². The van der Waals surface area contributed by atoms with Gasteiger partial charge in [0.2, 0.25) is 0 Å². The lowest BCUT2D eigenvalue weighted by molar-refractivity contribution is -0.150. The van der Waals surface area contributed by atoms with Gasteiger partial charge in [0.25, 0.3) is 0 Å². The predicted molar refractivity (Wildman–Crippen MR) is 137 cm³/mol. The third-order valence-electron chi connectivity index (χ3n) is 6.68. The Labute approximate surface area is 205 Å². The van der Waals surface area contributed by atoms with E-state index in [1.807, 2.05) is 24.3 Å². The van der Waals surface area contributed by atoms with Crippen LogP contribution in [-0.2, 0) is 14.9 Å². The summed E-state index contributed by atoms with van der Waals surface area (Å²) in [5.41, 5.74) is 3.12. The monoisotopic (exact) mass is 517 g/mol. The van der Waals surface area contributed by atoms with Crippen LogP contribution in [-0.4, -0.2) is 37.6 Å². The summed E-state index contributed by atoms with van der Waals surface area (Å²) < 4.78 is 6.32. The van der Waals surface area contributed by atoms with Crippen LogP contribution >= 0.6 is 27.5 Å². The third kappa shape index (κ3) is 6.03.